The number of anilines is 2. The molecular formula is C20H22FN3O. The van der Waals surface area contributed by atoms with Crippen molar-refractivity contribution in [3.8, 4) is 0 Å². The molecule has 1 heterocycles. The first-order valence-electron chi connectivity index (χ1n) is 8.15. The molecule has 0 atom stereocenters. The van der Waals surface area contributed by atoms with Crippen molar-refractivity contribution in [3.05, 3.63) is 60.0 Å². The molecule has 0 spiro atoms. The molecule has 0 saturated carbocycles. The Balaban J connectivity index is 1.86. The van der Waals surface area contributed by atoms with Crippen molar-refractivity contribution < 1.29 is 9.18 Å². The number of hydrogen-bond acceptors (Lipinski definition) is 2. The molecule has 0 unspecified atom stereocenters. The van der Waals surface area contributed by atoms with Gasteiger partial charge in [-0.1, -0.05) is 0 Å². The molecule has 3 rings (SSSR count). The summed E-state index contributed by atoms with van der Waals surface area (Å²) < 4.78 is 13.4. The van der Waals surface area contributed by atoms with Gasteiger partial charge in [-0.3, -0.25) is 4.79 Å². The Morgan fingerprint density at radius 2 is 1.80 bits per heavy atom. The van der Waals surface area contributed by atoms with Crippen LogP contribution in [0.15, 0.2) is 48.7 Å². The highest BCUT2D eigenvalue weighted by atomic mass is 19.1. The van der Waals surface area contributed by atoms with Crippen molar-refractivity contribution in [2.45, 2.75) is 19.3 Å². The zero-order valence-corrected chi connectivity index (χ0v) is 14.9. The minimum atomic E-state index is -0.768. The van der Waals surface area contributed by atoms with Crippen molar-refractivity contribution in [1.29, 1.82) is 0 Å². The predicted molar refractivity (Wildman–Crippen MR) is 101 cm³/mol. The number of amides is 1. The molecule has 0 radical (unpaired) electrons. The van der Waals surface area contributed by atoms with Crippen molar-refractivity contribution >= 4 is 28.2 Å². The molecule has 1 amide bonds. The van der Waals surface area contributed by atoms with E-state index in [1.54, 1.807) is 12.3 Å². The van der Waals surface area contributed by atoms with Crippen LogP contribution in [0.3, 0.4) is 0 Å². The number of benzene rings is 2. The van der Waals surface area contributed by atoms with Gasteiger partial charge in [0.25, 0.3) is 0 Å². The summed E-state index contributed by atoms with van der Waals surface area (Å²) in [6.45, 7) is 3.73. The molecule has 2 aromatic carbocycles. The van der Waals surface area contributed by atoms with E-state index in [4.69, 9.17) is 0 Å². The van der Waals surface area contributed by atoms with Crippen LogP contribution in [0, 0.1) is 5.82 Å². The lowest BCUT2D eigenvalue weighted by Gasteiger charge is -2.23. The lowest BCUT2D eigenvalue weighted by atomic mass is 9.83. The van der Waals surface area contributed by atoms with Crippen molar-refractivity contribution in [2.75, 3.05) is 24.3 Å². The van der Waals surface area contributed by atoms with Crippen LogP contribution >= 0.6 is 0 Å². The van der Waals surface area contributed by atoms with Crippen LogP contribution in [-0.2, 0) is 10.2 Å². The van der Waals surface area contributed by atoms with Gasteiger partial charge in [0.2, 0.25) is 5.91 Å². The second-order valence-corrected chi connectivity index (χ2v) is 6.91. The highest BCUT2D eigenvalue weighted by Gasteiger charge is 2.32. The molecule has 1 aromatic heterocycles. The highest BCUT2D eigenvalue weighted by molar-refractivity contribution is 6.01. The van der Waals surface area contributed by atoms with E-state index in [2.05, 4.69) is 10.3 Å². The van der Waals surface area contributed by atoms with Crippen LogP contribution in [0.2, 0.25) is 0 Å². The van der Waals surface area contributed by atoms with Gasteiger partial charge < -0.3 is 15.2 Å². The normalized spacial score (nSPS) is 11.6. The Labute approximate surface area is 146 Å². The Hall–Kier alpha value is -2.82. The van der Waals surface area contributed by atoms with Gasteiger partial charge in [-0.2, -0.15) is 0 Å². The molecule has 130 valence electrons. The second-order valence-electron chi connectivity index (χ2n) is 6.91. The number of fused-ring (bicyclic) bond motifs is 1. The number of aromatic amines is 1. The van der Waals surface area contributed by atoms with Crippen molar-refractivity contribution in [3.63, 3.8) is 0 Å². The summed E-state index contributed by atoms with van der Waals surface area (Å²) in [4.78, 5) is 17.9. The van der Waals surface area contributed by atoms with E-state index >= 15 is 0 Å². The first kappa shape index (κ1) is 17.0. The van der Waals surface area contributed by atoms with Gasteiger partial charge >= 0.3 is 0 Å². The fourth-order valence-electron chi connectivity index (χ4n) is 2.87. The molecule has 0 aliphatic rings. The highest BCUT2D eigenvalue weighted by Crippen LogP contribution is 2.32. The van der Waals surface area contributed by atoms with Crippen LogP contribution in [0.5, 0.6) is 0 Å². The number of halogens is 1. The first-order valence-corrected chi connectivity index (χ1v) is 8.15. The average molecular weight is 339 g/mol. The second kappa shape index (κ2) is 6.24. The summed E-state index contributed by atoms with van der Waals surface area (Å²) in [5, 5.41) is 3.82. The summed E-state index contributed by atoms with van der Waals surface area (Å²) in [5.41, 5.74) is 2.57. The zero-order chi connectivity index (χ0) is 18.2. The van der Waals surface area contributed by atoms with Gasteiger partial charge in [0.1, 0.15) is 5.82 Å². The van der Waals surface area contributed by atoms with Crippen LogP contribution in [0.4, 0.5) is 15.8 Å². The summed E-state index contributed by atoms with van der Waals surface area (Å²) in [6.07, 6.45) is 1.78. The SMILES string of the molecule is CN(C)c1ccc(NC(=O)C(C)(C)c2c[nH]c3cc(F)ccc23)cc1. The number of carbonyl (C=O) groups excluding carboxylic acids is 1. The zero-order valence-electron chi connectivity index (χ0n) is 14.9. The van der Waals surface area contributed by atoms with E-state index in [1.807, 2.05) is 57.1 Å². The molecule has 0 aliphatic heterocycles. The van der Waals surface area contributed by atoms with E-state index in [0.717, 1.165) is 22.3 Å². The quantitative estimate of drug-likeness (QED) is 0.745. The molecule has 4 nitrogen and oxygen atoms in total. The molecule has 0 aliphatic carbocycles. The number of hydrogen-bond donors (Lipinski definition) is 2. The Morgan fingerprint density at radius 3 is 2.44 bits per heavy atom. The third kappa shape index (κ3) is 3.22. The van der Waals surface area contributed by atoms with Crippen molar-refractivity contribution in [1.82, 2.24) is 4.98 Å². The maximum atomic E-state index is 13.4. The van der Waals surface area contributed by atoms with Gasteiger partial charge in [-0.05, 0) is 61.9 Å². The topological polar surface area (TPSA) is 48.1 Å². The number of nitrogens with one attached hydrogen (secondary N) is 2. The summed E-state index contributed by atoms with van der Waals surface area (Å²) in [7, 11) is 3.94. The third-order valence-corrected chi connectivity index (χ3v) is 4.53. The third-order valence-electron chi connectivity index (χ3n) is 4.53. The van der Waals surface area contributed by atoms with Gasteiger partial charge in [-0.15, -0.1) is 0 Å². The van der Waals surface area contributed by atoms with Gasteiger partial charge in [0.15, 0.2) is 0 Å². The van der Waals surface area contributed by atoms with E-state index < -0.39 is 5.41 Å². The molecule has 3 aromatic rings. The van der Waals surface area contributed by atoms with E-state index in [1.165, 1.54) is 12.1 Å². The minimum Gasteiger partial charge on any atom is -0.378 e. The standard InChI is InChI=1S/C20H22FN3O/c1-20(2,17-12-22-18-11-13(21)5-10-16(17)18)19(25)23-14-6-8-15(9-7-14)24(3)4/h5-12,22H,1-4H3,(H,23,25). The Kier molecular flexibility index (Phi) is 4.25. The van der Waals surface area contributed by atoms with E-state index in [-0.39, 0.29) is 11.7 Å². The molecule has 2 N–H and O–H groups in total. The number of rotatable bonds is 4. The van der Waals surface area contributed by atoms with Crippen molar-refractivity contribution in [2.24, 2.45) is 0 Å². The number of carbonyl (C=O) groups is 1. The van der Waals surface area contributed by atoms with Crippen LogP contribution in [0.1, 0.15) is 19.4 Å². The average Bonchev–Trinajstić information content (AvgIpc) is 2.98. The molecule has 0 bridgehead atoms. The van der Waals surface area contributed by atoms with Gasteiger partial charge in [0.05, 0.1) is 5.41 Å². The molecule has 0 saturated heterocycles. The predicted octanol–water partition coefficient (Wildman–Crippen LogP) is 4.29. The number of H-pyrrole nitrogens is 1. The summed E-state index contributed by atoms with van der Waals surface area (Å²) >= 11 is 0. The minimum absolute atomic E-state index is 0.115. The number of nitrogens with zero attached hydrogens (tertiary/aromatic N) is 1. The molecule has 5 heteroatoms. The van der Waals surface area contributed by atoms with Crippen LogP contribution in [-0.4, -0.2) is 25.0 Å². The first-order chi connectivity index (χ1) is 11.8. The maximum absolute atomic E-state index is 13.4. The molecular weight excluding hydrogens is 317 g/mol. The lowest BCUT2D eigenvalue weighted by Crippen LogP contribution is -2.34. The largest absolute Gasteiger partial charge is 0.378 e. The van der Waals surface area contributed by atoms with Crippen LogP contribution in [0.25, 0.3) is 10.9 Å². The van der Waals surface area contributed by atoms with Crippen LogP contribution < -0.4 is 10.2 Å². The Bertz CT molecular complexity index is 910. The number of aromatic nitrogens is 1. The summed E-state index contributed by atoms with van der Waals surface area (Å²) in [5.74, 6) is -0.417. The summed E-state index contributed by atoms with van der Waals surface area (Å²) in [6, 6.07) is 12.2. The van der Waals surface area contributed by atoms with E-state index in [0.29, 0.717) is 5.52 Å². The maximum Gasteiger partial charge on any atom is 0.234 e. The monoisotopic (exact) mass is 339 g/mol. The fourth-order valence-corrected chi connectivity index (χ4v) is 2.87. The van der Waals surface area contributed by atoms with Gasteiger partial charge in [0, 0.05) is 42.6 Å². The Morgan fingerprint density at radius 1 is 1.12 bits per heavy atom. The molecule has 0 fully saturated rings. The fraction of sp³-hybridized carbons (Fsp3) is 0.250. The smallest absolute Gasteiger partial charge is 0.234 e. The lowest BCUT2D eigenvalue weighted by molar-refractivity contribution is -0.120. The van der Waals surface area contributed by atoms with Gasteiger partial charge in [-0.25, -0.2) is 4.39 Å². The molecule has 25 heavy (non-hydrogen) atoms. The van der Waals surface area contributed by atoms with E-state index in [9.17, 15) is 9.18 Å².